The summed E-state index contributed by atoms with van der Waals surface area (Å²) < 4.78 is 33.9. The number of amides is 7. The molecule has 0 spiro atoms. The van der Waals surface area contributed by atoms with Gasteiger partial charge in [-0.3, -0.25) is 38.8 Å². The quantitative estimate of drug-likeness (QED) is 0.0530. The van der Waals surface area contributed by atoms with E-state index in [-0.39, 0.29) is 28.7 Å². The average molecular weight is 1430 g/mol. The highest BCUT2D eigenvalue weighted by atomic mass is 16.7. The van der Waals surface area contributed by atoms with Crippen LogP contribution in [0.1, 0.15) is 29.5 Å². The van der Waals surface area contributed by atoms with Crippen molar-refractivity contribution in [3.8, 4) is 5.75 Å². The zero-order valence-electron chi connectivity index (χ0n) is 53.9. The molecule has 39 nitrogen and oxygen atoms in total. The van der Waals surface area contributed by atoms with Gasteiger partial charge in [0.05, 0.1) is 58.1 Å². The summed E-state index contributed by atoms with van der Waals surface area (Å²) in [5.74, 6) is -10.2. The molecule has 9 rings (SSSR count). The van der Waals surface area contributed by atoms with Crippen LogP contribution in [0.2, 0.25) is 0 Å². The van der Waals surface area contributed by atoms with E-state index in [0.29, 0.717) is 11.1 Å². The van der Waals surface area contributed by atoms with Gasteiger partial charge in [0.25, 0.3) is 5.91 Å². The fourth-order valence-corrected chi connectivity index (χ4v) is 12.3. The molecule has 4 fully saturated rings. The van der Waals surface area contributed by atoms with Gasteiger partial charge in [-0.05, 0) is 28.8 Å². The van der Waals surface area contributed by atoms with Crippen molar-refractivity contribution in [3.63, 3.8) is 0 Å². The van der Waals surface area contributed by atoms with Crippen LogP contribution in [0.3, 0.4) is 0 Å². The molecular weight excluding hydrogens is 1340 g/mol. The van der Waals surface area contributed by atoms with E-state index >= 15 is 19.2 Å². The van der Waals surface area contributed by atoms with E-state index in [9.17, 15) is 85.9 Å². The van der Waals surface area contributed by atoms with E-state index in [2.05, 4.69) is 41.9 Å². The molecule has 6 aliphatic heterocycles. The predicted octanol–water partition coefficient (Wildman–Crippen LogP) is -11.6. The number of aliphatic imine (C=N–C) groups is 2. The zero-order valence-corrected chi connectivity index (χ0v) is 53.9. The molecule has 3 aromatic rings. The molecule has 0 radical (unpaired) electrons. The molecule has 101 heavy (non-hydrogen) atoms. The Kier molecular flexibility index (Phi) is 25.9. The van der Waals surface area contributed by atoms with E-state index in [1.54, 1.807) is 48.5 Å². The first-order valence-corrected chi connectivity index (χ1v) is 32.0. The number of rotatable bonds is 19. The monoisotopic (exact) mass is 1430 g/mol. The van der Waals surface area contributed by atoms with Gasteiger partial charge in [0.15, 0.2) is 24.4 Å². The maximum atomic E-state index is 15.7. The van der Waals surface area contributed by atoms with E-state index in [1.807, 2.05) is 0 Å². The Bertz CT molecular complexity index is 3410. The Balaban J connectivity index is 1.08. The first-order chi connectivity index (χ1) is 48.2. The van der Waals surface area contributed by atoms with Crippen molar-refractivity contribution in [1.29, 1.82) is 0 Å². The van der Waals surface area contributed by atoms with Crippen molar-refractivity contribution in [2.24, 2.45) is 21.5 Å². The van der Waals surface area contributed by atoms with Crippen LogP contribution in [-0.4, -0.2) is 327 Å². The number of nitrogens with zero attached hydrogens (tertiary/aromatic N) is 4. The molecule has 6 aliphatic rings. The summed E-state index contributed by atoms with van der Waals surface area (Å²) in [6, 6.07) is 6.95. The second-order valence-electron chi connectivity index (χ2n) is 24.8. The second-order valence-corrected chi connectivity index (χ2v) is 24.8. The Morgan fingerprint density at radius 3 is 1.81 bits per heavy atom. The summed E-state index contributed by atoms with van der Waals surface area (Å²) in [4.78, 5) is 114. The fraction of sp³-hybridized carbons (Fsp3) is 0.565. The molecule has 4 saturated heterocycles. The normalized spacial score (nSPS) is 35.0. The number of ether oxygens (including phenoxy) is 6. The van der Waals surface area contributed by atoms with Gasteiger partial charge in [0, 0.05) is 12.3 Å². The van der Waals surface area contributed by atoms with E-state index < -0.39 is 253 Å². The average Bonchev–Trinajstić information content (AvgIpc) is 1.59. The Morgan fingerprint density at radius 1 is 0.594 bits per heavy atom. The number of aliphatic hydroxyl groups is 14. The lowest BCUT2D eigenvalue weighted by molar-refractivity contribution is -0.352. The maximum absolute atomic E-state index is 15.7. The molecule has 25 unspecified atom stereocenters. The number of hydrogen-bond donors (Lipinski definition) is 22. The molecule has 0 aromatic heterocycles. The number of nitrogens with one attached hydrogen (secondary N) is 6. The van der Waals surface area contributed by atoms with Crippen LogP contribution in [0.4, 0.5) is 4.79 Å². The van der Waals surface area contributed by atoms with Gasteiger partial charge in [-0.1, -0.05) is 79.7 Å². The van der Waals surface area contributed by atoms with Crippen LogP contribution < -0.4 is 48.1 Å². The van der Waals surface area contributed by atoms with Crippen LogP contribution in [0.25, 0.3) is 0 Å². The maximum Gasteiger partial charge on any atom is 0.417 e. The number of guanidine groups is 2. The van der Waals surface area contributed by atoms with Crippen molar-refractivity contribution in [2.75, 3.05) is 46.1 Å². The van der Waals surface area contributed by atoms with Crippen LogP contribution in [0, 0.1) is 0 Å². The van der Waals surface area contributed by atoms with Crippen molar-refractivity contribution in [3.05, 3.63) is 102 Å². The first-order valence-electron chi connectivity index (χ1n) is 32.0. The standard InChI is InChI=1S/C62H84N12O27/c1-25(28-10-6-3-7-11-28)38-54(92)68-30(16-26-12-14-29(15-13-26)97-58-50(89)47(86)51(36(23-78)100-58)101-59-49(88)46(85)44(83)35(22-77)99-59)52(90)71-39(41(80)31-17-66-60(63)69-31)55(93)72-40(42(81)32-18-67-61(64)74(32)57-48(87)45(84)43(82)34(21-76)98-57)56(94)73(33(20-75)53(91)65-19-37(79)70-38)62(95)96-24-27-8-4-2-5-9-27/h2-15,25,30-36,38-51,57-59,75-78,80-89H,16-24H2,1H3,(H2,64,67)(H,65,91)(H,68,92)(H,70,79)(H,71,90)(H,72,93)(H3,63,66,69). The highest BCUT2D eigenvalue weighted by Gasteiger charge is 2.55. The fourth-order valence-electron chi connectivity index (χ4n) is 12.3. The van der Waals surface area contributed by atoms with Gasteiger partial charge in [-0.2, -0.15) is 0 Å². The minimum absolute atomic E-state index is 0.00300. The van der Waals surface area contributed by atoms with Crippen LogP contribution in [0.5, 0.6) is 5.75 Å². The van der Waals surface area contributed by atoms with Crippen molar-refractivity contribution < 1.29 is 133 Å². The van der Waals surface area contributed by atoms with Gasteiger partial charge in [0.2, 0.25) is 35.8 Å². The minimum atomic E-state index is -2.68. The predicted molar refractivity (Wildman–Crippen MR) is 338 cm³/mol. The van der Waals surface area contributed by atoms with Crippen molar-refractivity contribution in [1.82, 2.24) is 41.7 Å². The van der Waals surface area contributed by atoms with Crippen LogP contribution in [-0.2, 0) is 65.5 Å². The van der Waals surface area contributed by atoms with E-state index in [4.69, 9.17) is 39.9 Å². The number of aliphatic hydroxyl groups excluding tert-OH is 14. The Morgan fingerprint density at radius 2 is 1.19 bits per heavy atom. The lowest BCUT2D eigenvalue weighted by Gasteiger charge is -2.46. The number of carbonyl (C=O) groups is 7. The highest BCUT2D eigenvalue weighted by molar-refractivity contribution is 6.03. The van der Waals surface area contributed by atoms with Gasteiger partial charge >= 0.3 is 6.09 Å². The zero-order chi connectivity index (χ0) is 73.3. The topological polar surface area (TPSA) is 614 Å². The molecule has 24 N–H and O–H groups in total. The third-order valence-corrected chi connectivity index (χ3v) is 18.1. The first kappa shape index (κ1) is 76.7. The third kappa shape index (κ3) is 17.4. The number of hydrogen-bond acceptors (Lipinski definition) is 33. The third-order valence-electron chi connectivity index (χ3n) is 18.1. The van der Waals surface area contributed by atoms with Gasteiger partial charge in [-0.15, -0.1) is 0 Å². The highest BCUT2D eigenvalue weighted by Crippen LogP contribution is 2.33. The van der Waals surface area contributed by atoms with Crippen LogP contribution >= 0.6 is 0 Å². The molecular formula is C62H84N12O27. The molecule has 6 heterocycles. The molecule has 39 heteroatoms. The van der Waals surface area contributed by atoms with E-state index in [0.717, 1.165) is 4.90 Å². The molecule has 0 saturated carbocycles. The number of benzene rings is 3. The van der Waals surface area contributed by atoms with Crippen molar-refractivity contribution >= 4 is 53.5 Å². The SMILES string of the molecule is CC(c1ccccc1)C1NC(=O)CNC(=O)C(CO)N(C(=O)OCc2ccccc2)C(=O)C(C(O)C2CN=C(N)N2C2OC(CO)C(O)C(O)C2O)NC(=O)C(C(O)C2CN=C(N)N2)NC(=O)C(Cc2ccc(OC3OC(CO)C(OC4OC(CO)C(O)C(O)C4O)C(O)C3O)cc2)NC1=O. The summed E-state index contributed by atoms with van der Waals surface area (Å²) in [7, 11) is 0. The lowest BCUT2D eigenvalue weighted by Crippen LogP contribution is -2.71. The smallest absolute Gasteiger partial charge is 0.417 e. The molecule has 3 aromatic carbocycles. The van der Waals surface area contributed by atoms with E-state index in [1.165, 1.54) is 43.3 Å². The van der Waals surface area contributed by atoms with Crippen LogP contribution in [0.15, 0.2) is 94.9 Å². The molecule has 7 amide bonds. The Labute approximate surface area is 574 Å². The molecule has 554 valence electrons. The summed E-state index contributed by atoms with van der Waals surface area (Å²) in [5, 5.41) is 168. The van der Waals surface area contributed by atoms with Gasteiger partial charge < -0.3 is 148 Å². The molecule has 0 bridgehead atoms. The number of carbonyl (C=O) groups excluding carboxylic acids is 7. The molecule has 0 aliphatic carbocycles. The van der Waals surface area contributed by atoms with Gasteiger partial charge in [-0.25, -0.2) is 9.69 Å². The lowest BCUT2D eigenvalue weighted by atomic mass is 9.92. The summed E-state index contributed by atoms with van der Waals surface area (Å²) in [5.41, 5.74) is 13.2. The molecule has 25 atom stereocenters. The van der Waals surface area contributed by atoms with Crippen molar-refractivity contribution in [2.45, 2.75) is 172 Å². The second kappa shape index (κ2) is 34.0. The Hall–Kier alpha value is -8.43. The summed E-state index contributed by atoms with van der Waals surface area (Å²) in [6.07, 6.45) is -34.5. The largest absolute Gasteiger partial charge is 0.462 e. The van der Waals surface area contributed by atoms with Gasteiger partial charge in [0.1, 0.15) is 128 Å². The number of nitrogens with two attached hydrogens (primary N) is 2. The number of imide groups is 1. The summed E-state index contributed by atoms with van der Waals surface area (Å²) >= 11 is 0. The minimum Gasteiger partial charge on any atom is -0.462 e. The summed E-state index contributed by atoms with van der Waals surface area (Å²) in [6.45, 7) is -5.37.